The van der Waals surface area contributed by atoms with E-state index in [-0.39, 0.29) is 5.91 Å². The van der Waals surface area contributed by atoms with Crippen LogP contribution in [0.4, 0.5) is 0 Å². The number of amides is 1. The van der Waals surface area contributed by atoms with Gasteiger partial charge in [-0.1, -0.05) is 30.1 Å². The lowest BCUT2D eigenvalue weighted by Gasteiger charge is -2.00. The molecule has 0 fully saturated rings. The molecule has 106 valence electrons. The smallest absolute Gasteiger partial charge is 0.254 e. The average Bonchev–Trinajstić information content (AvgIpc) is 2.81. The highest BCUT2D eigenvalue weighted by molar-refractivity contribution is 6.42. The minimum Gasteiger partial charge on any atom is -0.461 e. The number of nitrogens with one attached hydrogen (secondary N) is 1. The molecule has 1 N–H and O–H groups in total. The standard InChI is InChI=1S/C15H15Cl2NO2/c1-3-6-18-15(19)11-8-14(20-9(11)2)10-4-5-12(16)13(17)7-10/h4-5,7-8H,3,6H2,1-2H3,(H,18,19). The maximum Gasteiger partial charge on any atom is 0.254 e. The molecule has 1 amide bonds. The number of furan rings is 1. The van der Waals surface area contributed by atoms with E-state index >= 15 is 0 Å². The Morgan fingerprint density at radius 2 is 2.00 bits per heavy atom. The second kappa shape index (κ2) is 6.33. The Balaban J connectivity index is 2.30. The largest absolute Gasteiger partial charge is 0.461 e. The van der Waals surface area contributed by atoms with Gasteiger partial charge in [-0.2, -0.15) is 0 Å². The number of rotatable bonds is 4. The van der Waals surface area contributed by atoms with Crippen molar-refractivity contribution in [3.8, 4) is 11.3 Å². The van der Waals surface area contributed by atoms with Crippen LogP contribution in [0.25, 0.3) is 11.3 Å². The summed E-state index contributed by atoms with van der Waals surface area (Å²) in [7, 11) is 0. The van der Waals surface area contributed by atoms with Crippen molar-refractivity contribution in [2.24, 2.45) is 0 Å². The molecule has 0 aliphatic rings. The highest BCUT2D eigenvalue weighted by Crippen LogP contribution is 2.30. The lowest BCUT2D eigenvalue weighted by atomic mass is 10.1. The van der Waals surface area contributed by atoms with Crippen molar-refractivity contribution in [1.29, 1.82) is 0 Å². The third kappa shape index (κ3) is 3.17. The van der Waals surface area contributed by atoms with Gasteiger partial charge in [0.25, 0.3) is 5.91 Å². The predicted molar refractivity (Wildman–Crippen MR) is 81.5 cm³/mol. The van der Waals surface area contributed by atoms with Gasteiger partial charge in [0.15, 0.2) is 0 Å². The minimum absolute atomic E-state index is 0.126. The molecule has 2 aromatic rings. The van der Waals surface area contributed by atoms with Crippen LogP contribution in [0.2, 0.25) is 10.0 Å². The van der Waals surface area contributed by atoms with E-state index in [1.54, 1.807) is 31.2 Å². The second-order valence-electron chi connectivity index (χ2n) is 4.47. The van der Waals surface area contributed by atoms with Gasteiger partial charge in [0, 0.05) is 12.1 Å². The molecule has 20 heavy (non-hydrogen) atoms. The topological polar surface area (TPSA) is 42.2 Å². The van der Waals surface area contributed by atoms with Gasteiger partial charge in [-0.3, -0.25) is 4.79 Å². The summed E-state index contributed by atoms with van der Waals surface area (Å²) >= 11 is 11.9. The summed E-state index contributed by atoms with van der Waals surface area (Å²) in [6.45, 7) is 4.41. The van der Waals surface area contributed by atoms with Crippen LogP contribution < -0.4 is 5.32 Å². The number of halogens is 2. The Morgan fingerprint density at radius 1 is 1.25 bits per heavy atom. The van der Waals surface area contributed by atoms with E-state index in [9.17, 15) is 4.79 Å². The van der Waals surface area contributed by atoms with Crippen LogP contribution in [0, 0.1) is 6.92 Å². The molecule has 0 saturated carbocycles. The molecule has 0 unspecified atom stereocenters. The summed E-state index contributed by atoms with van der Waals surface area (Å²) < 4.78 is 5.63. The number of benzene rings is 1. The molecular weight excluding hydrogens is 297 g/mol. The van der Waals surface area contributed by atoms with E-state index in [4.69, 9.17) is 27.6 Å². The average molecular weight is 312 g/mol. The normalized spacial score (nSPS) is 10.6. The van der Waals surface area contributed by atoms with Crippen LogP contribution in [0.15, 0.2) is 28.7 Å². The van der Waals surface area contributed by atoms with E-state index in [0.29, 0.717) is 33.7 Å². The molecule has 0 saturated heterocycles. The summed E-state index contributed by atoms with van der Waals surface area (Å²) in [5, 5.41) is 3.77. The number of aryl methyl sites for hydroxylation is 1. The molecule has 1 aromatic carbocycles. The molecule has 2 rings (SSSR count). The molecule has 0 spiro atoms. The van der Waals surface area contributed by atoms with Crippen LogP contribution in [-0.2, 0) is 0 Å². The Morgan fingerprint density at radius 3 is 2.65 bits per heavy atom. The maximum atomic E-state index is 12.0. The summed E-state index contributed by atoms with van der Waals surface area (Å²) in [5.74, 6) is 1.06. The van der Waals surface area contributed by atoms with Crippen LogP contribution in [-0.4, -0.2) is 12.5 Å². The third-order valence-corrected chi connectivity index (χ3v) is 3.64. The predicted octanol–water partition coefficient (Wildman–Crippen LogP) is 4.70. The van der Waals surface area contributed by atoms with Crippen LogP contribution in [0.1, 0.15) is 29.5 Å². The van der Waals surface area contributed by atoms with E-state index in [1.807, 2.05) is 6.92 Å². The van der Waals surface area contributed by atoms with Crippen molar-refractivity contribution in [3.05, 3.63) is 45.6 Å². The highest BCUT2D eigenvalue weighted by atomic mass is 35.5. The first-order valence-electron chi connectivity index (χ1n) is 6.37. The Bertz CT molecular complexity index is 635. The zero-order valence-electron chi connectivity index (χ0n) is 11.3. The number of carbonyl (C=O) groups is 1. The molecule has 0 bridgehead atoms. The number of hydrogen-bond donors (Lipinski definition) is 1. The van der Waals surface area contributed by atoms with Gasteiger partial charge < -0.3 is 9.73 Å². The van der Waals surface area contributed by atoms with Crippen molar-refractivity contribution >= 4 is 29.1 Å². The van der Waals surface area contributed by atoms with Gasteiger partial charge in [0.1, 0.15) is 11.5 Å². The molecule has 3 nitrogen and oxygen atoms in total. The fourth-order valence-electron chi connectivity index (χ4n) is 1.83. The lowest BCUT2D eigenvalue weighted by Crippen LogP contribution is -2.24. The second-order valence-corrected chi connectivity index (χ2v) is 5.28. The zero-order chi connectivity index (χ0) is 14.7. The monoisotopic (exact) mass is 311 g/mol. The molecule has 0 aliphatic carbocycles. The van der Waals surface area contributed by atoms with Gasteiger partial charge in [-0.25, -0.2) is 0 Å². The van der Waals surface area contributed by atoms with Crippen LogP contribution in [0.5, 0.6) is 0 Å². The first-order valence-corrected chi connectivity index (χ1v) is 7.12. The number of hydrogen-bond acceptors (Lipinski definition) is 2. The Labute approximate surface area is 127 Å². The Hall–Kier alpha value is -1.45. The van der Waals surface area contributed by atoms with Crippen molar-refractivity contribution in [3.63, 3.8) is 0 Å². The quantitative estimate of drug-likeness (QED) is 0.889. The number of carbonyl (C=O) groups excluding carboxylic acids is 1. The minimum atomic E-state index is -0.126. The van der Waals surface area contributed by atoms with E-state index in [2.05, 4.69) is 5.32 Å². The van der Waals surface area contributed by atoms with Crippen molar-refractivity contribution in [2.75, 3.05) is 6.54 Å². The van der Waals surface area contributed by atoms with Crippen molar-refractivity contribution < 1.29 is 9.21 Å². The van der Waals surface area contributed by atoms with Crippen molar-refractivity contribution in [1.82, 2.24) is 5.32 Å². The SMILES string of the molecule is CCCNC(=O)c1cc(-c2ccc(Cl)c(Cl)c2)oc1C. The molecule has 0 atom stereocenters. The zero-order valence-corrected chi connectivity index (χ0v) is 12.8. The van der Waals surface area contributed by atoms with Crippen molar-refractivity contribution in [2.45, 2.75) is 20.3 Å². The van der Waals surface area contributed by atoms with Gasteiger partial charge in [-0.05, 0) is 37.6 Å². The summed E-state index contributed by atoms with van der Waals surface area (Å²) in [6, 6.07) is 6.95. The van der Waals surface area contributed by atoms with Gasteiger partial charge in [0.2, 0.25) is 0 Å². The fourth-order valence-corrected chi connectivity index (χ4v) is 2.13. The Kier molecular flexibility index (Phi) is 4.73. The first-order chi connectivity index (χ1) is 9.52. The third-order valence-electron chi connectivity index (χ3n) is 2.90. The molecule has 1 heterocycles. The van der Waals surface area contributed by atoms with Gasteiger partial charge >= 0.3 is 0 Å². The molecular formula is C15H15Cl2NO2. The van der Waals surface area contributed by atoms with Crippen LogP contribution in [0.3, 0.4) is 0 Å². The highest BCUT2D eigenvalue weighted by Gasteiger charge is 2.16. The van der Waals surface area contributed by atoms with Gasteiger partial charge in [-0.15, -0.1) is 0 Å². The summed E-state index contributed by atoms with van der Waals surface area (Å²) in [4.78, 5) is 12.0. The van der Waals surface area contributed by atoms with E-state index in [0.717, 1.165) is 12.0 Å². The molecule has 0 radical (unpaired) electrons. The fraction of sp³-hybridized carbons (Fsp3) is 0.267. The lowest BCUT2D eigenvalue weighted by molar-refractivity contribution is 0.0952. The van der Waals surface area contributed by atoms with Crippen LogP contribution >= 0.6 is 23.2 Å². The van der Waals surface area contributed by atoms with E-state index in [1.165, 1.54) is 0 Å². The molecule has 5 heteroatoms. The van der Waals surface area contributed by atoms with E-state index < -0.39 is 0 Å². The summed E-state index contributed by atoms with van der Waals surface area (Å²) in [5.41, 5.74) is 1.33. The van der Waals surface area contributed by atoms with Gasteiger partial charge in [0.05, 0.1) is 15.6 Å². The molecule has 1 aromatic heterocycles. The molecule has 0 aliphatic heterocycles. The maximum absolute atomic E-state index is 12.0. The summed E-state index contributed by atoms with van der Waals surface area (Å²) in [6.07, 6.45) is 0.891. The first kappa shape index (κ1) is 14.9.